The Morgan fingerprint density at radius 1 is 1.27 bits per heavy atom. The van der Waals surface area contributed by atoms with E-state index < -0.39 is 0 Å². The Morgan fingerprint density at radius 2 is 2.20 bits per heavy atom. The molecule has 88 valence electrons. The molecule has 0 amide bonds. The van der Waals surface area contributed by atoms with Gasteiger partial charge in [0.2, 0.25) is 0 Å². The Morgan fingerprint density at radius 3 is 2.93 bits per heavy atom. The van der Waals surface area contributed by atoms with E-state index in [1.165, 1.54) is 38.8 Å². The third-order valence-electron chi connectivity index (χ3n) is 3.74. The van der Waals surface area contributed by atoms with Crippen molar-refractivity contribution in [2.45, 2.75) is 38.1 Å². The van der Waals surface area contributed by atoms with E-state index in [1.54, 1.807) is 0 Å². The van der Waals surface area contributed by atoms with Crippen molar-refractivity contribution in [3.05, 3.63) is 0 Å². The number of ether oxygens (including phenoxy) is 1. The highest BCUT2D eigenvalue weighted by Crippen LogP contribution is 2.23. The van der Waals surface area contributed by atoms with Gasteiger partial charge < -0.3 is 9.84 Å². The topological polar surface area (TPSA) is 32.7 Å². The summed E-state index contributed by atoms with van der Waals surface area (Å²) in [6.07, 6.45) is 6.08. The lowest BCUT2D eigenvalue weighted by Crippen LogP contribution is -2.46. The summed E-state index contributed by atoms with van der Waals surface area (Å²) >= 11 is 0. The summed E-state index contributed by atoms with van der Waals surface area (Å²) in [5.74, 6) is 0.714. The molecule has 2 atom stereocenters. The molecule has 3 heteroatoms. The van der Waals surface area contributed by atoms with Crippen molar-refractivity contribution in [1.82, 2.24) is 4.90 Å². The summed E-state index contributed by atoms with van der Waals surface area (Å²) in [5.41, 5.74) is 0. The number of aliphatic hydroxyl groups excluding tert-OH is 1. The summed E-state index contributed by atoms with van der Waals surface area (Å²) in [6, 6.07) is 0.653. The molecule has 0 aromatic rings. The van der Waals surface area contributed by atoms with Crippen LogP contribution in [-0.4, -0.2) is 49.0 Å². The van der Waals surface area contributed by atoms with E-state index in [4.69, 9.17) is 9.84 Å². The smallest absolute Gasteiger partial charge is 0.0621 e. The van der Waals surface area contributed by atoms with E-state index in [9.17, 15) is 0 Å². The van der Waals surface area contributed by atoms with E-state index >= 15 is 0 Å². The van der Waals surface area contributed by atoms with Crippen molar-refractivity contribution in [1.29, 1.82) is 0 Å². The fraction of sp³-hybridized carbons (Fsp3) is 1.00. The lowest BCUT2D eigenvalue weighted by molar-refractivity contribution is -0.000447. The monoisotopic (exact) mass is 213 g/mol. The van der Waals surface area contributed by atoms with Crippen LogP contribution in [0.5, 0.6) is 0 Å². The van der Waals surface area contributed by atoms with Crippen LogP contribution in [0, 0.1) is 5.92 Å². The molecular weight excluding hydrogens is 190 g/mol. The maximum atomic E-state index is 8.97. The van der Waals surface area contributed by atoms with Crippen LogP contribution in [0.25, 0.3) is 0 Å². The first-order chi connectivity index (χ1) is 7.40. The number of hydrogen-bond acceptors (Lipinski definition) is 3. The SMILES string of the molecule is OCCC1CCCN(C2CCCOC2)C1. The molecule has 2 heterocycles. The first kappa shape index (κ1) is 11.4. The van der Waals surface area contributed by atoms with Gasteiger partial charge in [0.05, 0.1) is 6.61 Å². The van der Waals surface area contributed by atoms with Gasteiger partial charge >= 0.3 is 0 Å². The first-order valence-electron chi connectivity index (χ1n) is 6.33. The molecule has 2 rings (SSSR count). The molecule has 0 spiro atoms. The first-order valence-corrected chi connectivity index (χ1v) is 6.33. The normalized spacial score (nSPS) is 34.2. The third-order valence-corrected chi connectivity index (χ3v) is 3.74. The molecule has 2 unspecified atom stereocenters. The van der Waals surface area contributed by atoms with Crippen molar-refractivity contribution in [3.63, 3.8) is 0 Å². The van der Waals surface area contributed by atoms with Crippen molar-refractivity contribution in [2.75, 3.05) is 32.9 Å². The lowest BCUT2D eigenvalue weighted by atomic mass is 9.93. The van der Waals surface area contributed by atoms with Crippen molar-refractivity contribution < 1.29 is 9.84 Å². The maximum absolute atomic E-state index is 8.97. The van der Waals surface area contributed by atoms with Gasteiger partial charge in [-0.2, -0.15) is 0 Å². The minimum absolute atomic E-state index is 0.347. The molecule has 0 aromatic carbocycles. The maximum Gasteiger partial charge on any atom is 0.0621 e. The average molecular weight is 213 g/mol. The number of hydrogen-bond donors (Lipinski definition) is 1. The van der Waals surface area contributed by atoms with Crippen LogP contribution in [0.1, 0.15) is 32.1 Å². The minimum Gasteiger partial charge on any atom is -0.396 e. The van der Waals surface area contributed by atoms with Crippen LogP contribution in [0.2, 0.25) is 0 Å². The highest BCUT2D eigenvalue weighted by atomic mass is 16.5. The zero-order chi connectivity index (χ0) is 10.5. The molecule has 0 aliphatic carbocycles. The summed E-state index contributed by atoms with van der Waals surface area (Å²) in [7, 11) is 0. The van der Waals surface area contributed by atoms with E-state index in [-0.39, 0.29) is 0 Å². The molecular formula is C12H23NO2. The standard InChI is InChI=1S/C12H23NO2/c14-7-5-11-3-1-6-13(9-11)12-4-2-8-15-10-12/h11-12,14H,1-10H2. The van der Waals surface area contributed by atoms with Gasteiger partial charge in [-0.15, -0.1) is 0 Å². The highest BCUT2D eigenvalue weighted by Gasteiger charge is 2.26. The molecule has 0 aromatic heterocycles. The molecule has 2 saturated heterocycles. The summed E-state index contributed by atoms with van der Waals surface area (Å²) in [6.45, 7) is 4.63. The van der Waals surface area contributed by atoms with Gasteiger partial charge in [0, 0.05) is 25.8 Å². The zero-order valence-corrected chi connectivity index (χ0v) is 9.53. The van der Waals surface area contributed by atoms with Crippen LogP contribution in [0.3, 0.4) is 0 Å². The molecule has 3 nitrogen and oxygen atoms in total. The van der Waals surface area contributed by atoms with E-state index in [2.05, 4.69) is 4.90 Å². The second-order valence-electron chi connectivity index (χ2n) is 4.89. The largest absolute Gasteiger partial charge is 0.396 e. The highest BCUT2D eigenvalue weighted by molar-refractivity contribution is 4.80. The number of aliphatic hydroxyl groups is 1. The number of piperidine rings is 1. The average Bonchev–Trinajstić information content (AvgIpc) is 2.31. The minimum atomic E-state index is 0.347. The Labute approximate surface area is 92.4 Å². The Balaban J connectivity index is 1.80. The molecule has 0 saturated carbocycles. The summed E-state index contributed by atoms with van der Waals surface area (Å²) in [4.78, 5) is 2.59. The molecule has 0 bridgehead atoms. The van der Waals surface area contributed by atoms with E-state index in [0.29, 0.717) is 18.6 Å². The molecule has 15 heavy (non-hydrogen) atoms. The predicted molar refractivity (Wildman–Crippen MR) is 59.8 cm³/mol. The van der Waals surface area contributed by atoms with E-state index in [0.717, 1.165) is 19.6 Å². The number of rotatable bonds is 3. The van der Waals surface area contributed by atoms with E-state index in [1.807, 2.05) is 0 Å². The second kappa shape index (κ2) is 5.83. The van der Waals surface area contributed by atoms with Crippen LogP contribution >= 0.6 is 0 Å². The van der Waals surface area contributed by atoms with Gasteiger partial charge in [-0.3, -0.25) is 4.90 Å². The number of nitrogens with zero attached hydrogens (tertiary/aromatic N) is 1. The molecule has 1 N–H and O–H groups in total. The van der Waals surface area contributed by atoms with Gasteiger partial charge in [0.15, 0.2) is 0 Å². The zero-order valence-electron chi connectivity index (χ0n) is 9.53. The Hall–Kier alpha value is -0.120. The van der Waals surface area contributed by atoms with Crippen molar-refractivity contribution in [3.8, 4) is 0 Å². The van der Waals surface area contributed by atoms with Crippen LogP contribution in [0.15, 0.2) is 0 Å². The van der Waals surface area contributed by atoms with Crippen molar-refractivity contribution in [2.24, 2.45) is 5.92 Å². The molecule has 2 aliphatic rings. The molecule has 2 aliphatic heterocycles. The lowest BCUT2D eigenvalue weighted by Gasteiger charge is -2.39. The van der Waals surface area contributed by atoms with Crippen LogP contribution < -0.4 is 0 Å². The quantitative estimate of drug-likeness (QED) is 0.766. The van der Waals surface area contributed by atoms with Gasteiger partial charge in [-0.1, -0.05) is 0 Å². The van der Waals surface area contributed by atoms with Gasteiger partial charge in [0.1, 0.15) is 0 Å². The second-order valence-corrected chi connectivity index (χ2v) is 4.89. The summed E-state index contributed by atoms with van der Waals surface area (Å²) in [5, 5.41) is 8.97. The fourth-order valence-corrected chi connectivity index (χ4v) is 2.86. The third kappa shape index (κ3) is 3.16. The van der Waals surface area contributed by atoms with Gasteiger partial charge in [-0.25, -0.2) is 0 Å². The van der Waals surface area contributed by atoms with Gasteiger partial charge in [0.25, 0.3) is 0 Å². The van der Waals surface area contributed by atoms with Gasteiger partial charge in [-0.05, 0) is 44.6 Å². The predicted octanol–water partition coefficient (Wildman–Crippen LogP) is 1.26. The summed E-state index contributed by atoms with van der Waals surface area (Å²) < 4.78 is 5.54. The Kier molecular flexibility index (Phi) is 4.42. The Bertz CT molecular complexity index is 178. The fourth-order valence-electron chi connectivity index (χ4n) is 2.86. The molecule has 2 fully saturated rings. The van der Waals surface area contributed by atoms with Crippen LogP contribution in [-0.2, 0) is 4.74 Å². The molecule has 0 radical (unpaired) electrons. The van der Waals surface area contributed by atoms with Crippen molar-refractivity contribution >= 4 is 0 Å². The number of likely N-dealkylation sites (tertiary alicyclic amines) is 1. The van der Waals surface area contributed by atoms with Crippen LogP contribution in [0.4, 0.5) is 0 Å².